The highest BCUT2D eigenvalue weighted by atomic mass is 16.1. The first-order chi connectivity index (χ1) is 8.49. The molecular weight excluding hydrogens is 222 g/mol. The molecule has 18 heavy (non-hydrogen) atoms. The lowest BCUT2D eigenvalue weighted by atomic mass is 9.88. The Labute approximate surface area is 111 Å². The molecule has 0 aliphatic carbocycles. The monoisotopic (exact) mass is 247 g/mol. The van der Waals surface area contributed by atoms with Gasteiger partial charge in [0, 0.05) is 12.1 Å². The second-order valence-electron chi connectivity index (χ2n) is 5.38. The summed E-state index contributed by atoms with van der Waals surface area (Å²) >= 11 is 0. The Hall–Kier alpha value is -1.31. The Bertz CT molecular complexity index is 381. The molecule has 1 aromatic rings. The summed E-state index contributed by atoms with van der Waals surface area (Å²) in [6.45, 7) is 11.3. The molecule has 0 saturated carbocycles. The number of carbonyl (C=O) groups excluding carboxylic acids is 1. The van der Waals surface area contributed by atoms with E-state index in [1.807, 2.05) is 0 Å². The highest BCUT2D eigenvalue weighted by Gasteiger charge is 2.19. The van der Waals surface area contributed by atoms with Crippen molar-refractivity contribution in [1.29, 1.82) is 0 Å². The van der Waals surface area contributed by atoms with Crippen molar-refractivity contribution in [2.45, 2.75) is 52.9 Å². The van der Waals surface area contributed by atoms with Gasteiger partial charge in [-0.2, -0.15) is 0 Å². The summed E-state index contributed by atoms with van der Waals surface area (Å²) in [5.41, 5.74) is 3.18. The van der Waals surface area contributed by atoms with Gasteiger partial charge in [0.15, 0.2) is 0 Å². The van der Waals surface area contributed by atoms with Crippen LogP contribution in [-0.2, 0) is 0 Å². The summed E-state index contributed by atoms with van der Waals surface area (Å²) in [6.07, 6.45) is 0.965. The van der Waals surface area contributed by atoms with E-state index in [2.05, 4.69) is 58.1 Å². The van der Waals surface area contributed by atoms with Crippen LogP contribution in [0.15, 0.2) is 18.2 Å². The molecule has 1 aromatic carbocycles. The quantitative estimate of drug-likeness (QED) is 0.834. The van der Waals surface area contributed by atoms with E-state index in [0.29, 0.717) is 11.8 Å². The molecule has 0 radical (unpaired) electrons. The smallest absolute Gasteiger partial charge is 0.251 e. The SMILES string of the molecule is CCCNC(=O)c1c(C(C)C)cccc1C(C)C. The predicted octanol–water partition coefficient (Wildman–Crippen LogP) is 4.07. The molecule has 1 rings (SSSR count). The second kappa shape index (κ2) is 6.58. The predicted molar refractivity (Wildman–Crippen MR) is 77.2 cm³/mol. The van der Waals surface area contributed by atoms with Crippen LogP contribution in [0.4, 0.5) is 0 Å². The van der Waals surface area contributed by atoms with E-state index < -0.39 is 0 Å². The Morgan fingerprint density at radius 1 is 1.11 bits per heavy atom. The molecular formula is C16H25NO. The molecule has 0 fully saturated rings. The van der Waals surface area contributed by atoms with Gasteiger partial charge in [0.2, 0.25) is 0 Å². The molecule has 0 unspecified atom stereocenters. The number of hydrogen-bond acceptors (Lipinski definition) is 1. The first kappa shape index (κ1) is 14.7. The second-order valence-corrected chi connectivity index (χ2v) is 5.38. The van der Waals surface area contributed by atoms with Crippen LogP contribution in [0.25, 0.3) is 0 Å². The minimum atomic E-state index is 0.0739. The fourth-order valence-electron chi connectivity index (χ4n) is 2.14. The van der Waals surface area contributed by atoms with E-state index >= 15 is 0 Å². The number of rotatable bonds is 5. The third-order valence-corrected chi connectivity index (χ3v) is 3.14. The molecule has 1 amide bonds. The van der Waals surface area contributed by atoms with E-state index in [-0.39, 0.29) is 5.91 Å². The molecule has 2 nitrogen and oxygen atoms in total. The molecule has 0 heterocycles. The Balaban J connectivity index is 3.22. The summed E-state index contributed by atoms with van der Waals surface area (Å²) < 4.78 is 0. The fourth-order valence-corrected chi connectivity index (χ4v) is 2.14. The van der Waals surface area contributed by atoms with Crippen molar-refractivity contribution in [3.63, 3.8) is 0 Å². The number of nitrogens with one attached hydrogen (secondary N) is 1. The highest BCUT2D eigenvalue weighted by molar-refractivity contribution is 5.97. The van der Waals surface area contributed by atoms with Crippen molar-refractivity contribution in [2.24, 2.45) is 0 Å². The normalized spacial score (nSPS) is 11.1. The number of amides is 1. The average molecular weight is 247 g/mol. The van der Waals surface area contributed by atoms with Crippen LogP contribution in [0, 0.1) is 0 Å². The van der Waals surface area contributed by atoms with Gasteiger partial charge in [-0.25, -0.2) is 0 Å². The molecule has 0 saturated heterocycles. The maximum absolute atomic E-state index is 12.3. The van der Waals surface area contributed by atoms with Crippen LogP contribution in [0.3, 0.4) is 0 Å². The van der Waals surface area contributed by atoms with Crippen molar-refractivity contribution >= 4 is 5.91 Å². The van der Waals surface area contributed by atoms with Gasteiger partial charge in [-0.15, -0.1) is 0 Å². The third kappa shape index (κ3) is 3.34. The van der Waals surface area contributed by atoms with Gasteiger partial charge in [-0.1, -0.05) is 52.8 Å². The summed E-state index contributed by atoms with van der Waals surface area (Å²) in [4.78, 5) is 12.3. The molecule has 0 spiro atoms. The molecule has 0 aromatic heterocycles. The Morgan fingerprint density at radius 2 is 1.61 bits per heavy atom. The van der Waals surface area contributed by atoms with Crippen LogP contribution in [0.2, 0.25) is 0 Å². The summed E-state index contributed by atoms with van der Waals surface area (Å²) in [7, 11) is 0. The van der Waals surface area contributed by atoms with E-state index in [0.717, 1.165) is 29.7 Å². The standard InChI is InChI=1S/C16H25NO/c1-6-10-17-16(18)15-13(11(2)3)8-7-9-14(15)12(4)5/h7-9,11-12H,6,10H2,1-5H3,(H,17,18). The van der Waals surface area contributed by atoms with E-state index in [4.69, 9.17) is 0 Å². The van der Waals surface area contributed by atoms with Crippen molar-refractivity contribution in [3.05, 3.63) is 34.9 Å². The Morgan fingerprint density at radius 3 is 2.00 bits per heavy atom. The molecule has 0 atom stereocenters. The lowest BCUT2D eigenvalue weighted by Crippen LogP contribution is -2.27. The summed E-state index contributed by atoms with van der Waals surface area (Å²) in [5, 5.41) is 3.00. The lowest BCUT2D eigenvalue weighted by molar-refractivity contribution is 0.0951. The van der Waals surface area contributed by atoms with Crippen LogP contribution in [0.5, 0.6) is 0 Å². The molecule has 0 bridgehead atoms. The van der Waals surface area contributed by atoms with Crippen molar-refractivity contribution in [1.82, 2.24) is 5.32 Å². The lowest BCUT2D eigenvalue weighted by Gasteiger charge is -2.18. The molecule has 2 heteroatoms. The third-order valence-electron chi connectivity index (χ3n) is 3.14. The maximum Gasteiger partial charge on any atom is 0.251 e. The van der Waals surface area contributed by atoms with Crippen LogP contribution >= 0.6 is 0 Å². The van der Waals surface area contributed by atoms with Crippen LogP contribution in [0.1, 0.15) is 74.4 Å². The zero-order chi connectivity index (χ0) is 13.7. The Kier molecular flexibility index (Phi) is 5.39. The van der Waals surface area contributed by atoms with Gasteiger partial charge in [0.05, 0.1) is 0 Å². The maximum atomic E-state index is 12.3. The minimum absolute atomic E-state index is 0.0739. The van der Waals surface area contributed by atoms with Gasteiger partial charge in [-0.05, 0) is 29.4 Å². The van der Waals surface area contributed by atoms with E-state index in [1.165, 1.54) is 0 Å². The van der Waals surface area contributed by atoms with Crippen molar-refractivity contribution < 1.29 is 4.79 Å². The fraction of sp³-hybridized carbons (Fsp3) is 0.562. The van der Waals surface area contributed by atoms with Crippen molar-refractivity contribution in [3.8, 4) is 0 Å². The number of hydrogen-bond donors (Lipinski definition) is 1. The van der Waals surface area contributed by atoms with Gasteiger partial charge in [-0.3, -0.25) is 4.79 Å². The van der Waals surface area contributed by atoms with Gasteiger partial charge >= 0.3 is 0 Å². The van der Waals surface area contributed by atoms with Crippen molar-refractivity contribution in [2.75, 3.05) is 6.54 Å². The average Bonchev–Trinajstić information content (AvgIpc) is 2.34. The molecule has 1 N–H and O–H groups in total. The molecule has 0 aliphatic heterocycles. The van der Waals surface area contributed by atoms with Gasteiger partial charge < -0.3 is 5.32 Å². The van der Waals surface area contributed by atoms with Gasteiger partial charge in [0.25, 0.3) is 5.91 Å². The zero-order valence-electron chi connectivity index (χ0n) is 12.2. The van der Waals surface area contributed by atoms with E-state index in [1.54, 1.807) is 0 Å². The minimum Gasteiger partial charge on any atom is -0.352 e. The first-order valence-corrected chi connectivity index (χ1v) is 6.90. The molecule has 100 valence electrons. The summed E-state index contributed by atoms with van der Waals surface area (Å²) in [6, 6.07) is 6.19. The molecule has 0 aliphatic rings. The zero-order valence-corrected chi connectivity index (χ0v) is 12.2. The largest absolute Gasteiger partial charge is 0.352 e. The summed E-state index contributed by atoms with van der Waals surface area (Å²) in [5.74, 6) is 0.807. The van der Waals surface area contributed by atoms with Crippen LogP contribution in [-0.4, -0.2) is 12.5 Å². The topological polar surface area (TPSA) is 29.1 Å². The van der Waals surface area contributed by atoms with Crippen LogP contribution < -0.4 is 5.32 Å². The first-order valence-electron chi connectivity index (χ1n) is 6.90. The number of benzene rings is 1. The highest BCUT2D eigenvalue weighted by Crippen LogP contribution is 2.27. The number of carbonyl (C=O) groups is 1. The van der Waals surface area contributed by atoms with Gasteiger partial charge in [0.1, 0.15) is 0 Å². The van der Waals surface area contributed by atoms with E-state index in [9.17, 15) is 4.79 Å².